The first-order valence-electron chi connectivity index (χ1n) is 13.1. The normalized spacial score (nSPS) is 11.6. The molecular formula is C36H30N2O. The molecule has 4 aromatic carbocycles. The molecule has 3 heteroatoms. The monoisotopic (exact) mass is 506 g/mol. The van der Waals surface area contributed by atoms with Gasteiger partial charge in [0.1, 0.15) is 0 Å². The maximum Gasteiger partial charge on any atom is 0.193 e. The van der Waals surface area contributed by atoms with Gasteiger partial charge in [-0.05, 0) is 91.6 Å². The quantitative estimate of drug-likeness (QED) is 0.163. The van der Waals surface area contributed by atoms with Crippen molar-refractivity contribution in [3.63, 3.8) is 0 Å². The molecule has 0 aliphatic heterocycles. The summed E-state index contributed by atoms with van der Waals surface area (Å²) in [5.74, 6) is 0.00330. The lowest BCUT2D eigenvalue weighted by Crippen LogP contribution is -2.02. The number of aromatic nitrogens is 1. The summed E-state index contributed by atoms with van der Waals surface area (Å²) >= 11 is 0. The summed E-state index contributed by atoms with van der Waals surface area (Å²) < 4.78 is 0. The number of pyridine rings is 1. The maximum atomic E-state index is 13.7. The number of aryl methyl sites for hydroxylation is 1. The first-order chi connectivity index (χ1) is 19.1. The van der Waals surface area contributed by atoms with Gasteiger partial charge in [-0.1, -0.05) is 72.3 Å². The number of ketones is 1. The van der Waals surface area contributed by atoms with Crippen molar-refractivity contribution in [1.29, 1.82) is 0 Å². The van der Waals surface area contributed by atoms with Crippen molar-refractivity contribution >= 4 is 17.7 Å². The number of benzene rings is 4. The molecule has 0 aliphatic rings. The van der Waals surface area contributed by atoms with E-state index in [9.17, 15) is 4.79 Å². The summed E-state index contributed by atoms with van der Waals surface area (Å²) in [6.45, 7) is 5.91. The van der Waals surface area contributed by atoms with Crippen LogP contribution in [0, 0.1) is 6.92 Å². The summed E-state index contributed by atoms with van der Waals surface area (Å²) in [6.07, 6.45) is 5.61. The van der Waals surface area contributed by atoms with Crippen LogP contribution in [-0.2, 0) is 0 Å². The minimum atomic E-state index is 0.00330. The number of hydrogen-bond donors (Lipinski definition) is 0. The van der Waals surface area contributed by atoms with E-state index in [-0.39, 0.29) is 5.78 Å². The van der Waals surface area contributed by atoms with Crippen LogP contribution in [0.15, 0.2) is 126 Å². The highest BCUT2D eigenvalue weighted by atomic mass is 16.1. The Morgan fingerprint density at radius 2 is 1.28 bits per heavy atom. The average molecular weight is 507 g/mol. The molecule has 0 amide bonds. The van der Waals surface area contributed by atoms with E-state index in [1.807, 2.05) is 93.6 Å². The molecular weight excluding hydrogens is 476 g/mol. The molecule has 3 nitrogen and oxygen atoms in total. The molecule has 0 spiro atoms. The minimum Gasteiger partial charge on any atom is -0.289 e. The highest BCUT2D eigenvalue weighted by Crippen LogP contribution is 2.33. The molecule has 0 atom stereocenters. The zero-order valence-corrected chi connectivity index (χ0v) is 22.4. The first kappa shape index (κ1) is 25.7. The topological polar surface area (TPSA) is 42.3 Å². The number of aliphatic imine (C=N–C) groups is 1. The van der Waals surface area contributed by atoms with E-state index in [1.54, 1.807) is 12.4 Å². The van der Waals surface area contributed by atoms with Gasteiger partial charge in [-0.2, -0.15) is 0 Å². The van der Waals surface area contributed by atoms with E-state index in [0.717, 1.165) is 50.3 Å². The minimum absolute atomic E-state index is 0.00330. The fraction of sp³-hybridized carbons (Fsp3) is 0.0833. The zero-order chi connectivity index (χ0) is 27.2. The van der Waals surface area contributed by atoms with Crippen molar-refractivity contribution in [1.82, 2.24) is 4.98 Å². The predicted octanol–water partition coefficient (Wildman–Crippen LogP) is 9.07. The Balaban J connectivity index is 1.66. The van der Waals surface area contributed by atoms with E-state index in [2.05, 4.69) is 52.4 Å². The number of hydrogen-bond acceptors (Lipinski definition) is 3. The molecule has 0 unspecified atom stereocenters. The number of rotatable bonds is 7. The third kappa shape index (κ3) is 5.83. The van der Waals surface area contributed by atoms with Gasteiger partial charge in [0.15, 0.2) is 5.78 Å². The van der Waals surface area contributed by atoms with E-state index >= 15 is 0 Å². The molecule has 0 fully saturated rings. The van der Waals surface area contributed by atoms with Crippen molar-refractivity contribution in [3.8, 4) is 33.5 Å². The van der Waals surface area contributed by atoms with Gasteiger partial charge < -0.3 is 0 Å². The highest BCUT2D eigenvalue weighted by molar-refractivity contribution is 6.10. The summed E-state index contributed by atoms with van der Waals surface area (Å²) in [6, 6.07) is 36.4. The fourth-order valence-corrected chi connectivity index (χ4v) is 4.75. The lowest BCUT2D eigenvalue weighted by molar-refractivity contribution is 0.103. The van der Waals surface area contributed by atoms with Crippen LogP contribution >= 0.6 is 0 Å². The molecule has 190 valence electrons. The predicted molar refractivity (Wildman–Crippen MR) is 163 cm³/mol. The van der Waals surface area contributed by atoms with Crippen molar-refractivity contribution in [2.24, 2.45) is 4.99 Å². The largest absolute Gasteiger partial charge is 0.289 e. The number of nitrogens with zero attached hydrogens (tertiary/aromatic N) is 2. The molecule has 5 aromatic rings. The Morgan fingerprint density at radius 3 is 1.97 bits per heavy atom. The van der Waals surface area contributed by atoms with Crippen LogP contribution in [0.2, 0.25) is 0 Å². The zero-order valence-electron chi connectivity index (χ0n) is 22.4. The second-order valence-corrected chi connectivity index (χ2v) is 9.44. The molecule has 0 radical (unpaired) electrons. The molecule has 0 N–H and O–H groups in total. The van der Waals surface area contributed by atoms with Crippen molar-refractivity contribution in [2.45, 2.75) is 20.8 Å². The molecule has 39 heavy (non-hydrogen) atoms. The third-order valence-corrected chi connectivity index (χ3v) is 6.67. The first-order valence-corrected chi connectivity index (χ1v) is 13.1. The van der Waals surface area contributed by atoms with Gasteiger partial charge >= 0.3 is 0 Å². The molecule has 1 heterocycles. The van der Waals surface area contributed by atoms with Crippen LogP contribution in [0.3, 0.4) is 0 Å². The maximum absolute atomic E-state index is 13.7. The van der Waals surface area contributed by atoms with E-state index < -0.39 is 0 Å². The summed E-state index contributed by atoms with van der Waals surface area (Å²) in [5.41, 5.74) is 10.3. The van der Waals surface area contributed by atoms with Gasteiger partial charge in [0.25, 0.3) is 0 Å². The molecule has 0 bridgehead atoms. The number of allylic oxidation sites excluding steroid dienone is 1. The van der Waals surface area contributed by atoms with Gasteiger partial charge in [0.05, 0.1) is 11.4 Å². The summed E-state index contributed by atoms with van der Waals surface area (Å²) in [7, 11) is 0. The Kier molecular flexibility index (Phi) is 7.70. The molecule has 5 rings (SSSR count). The van der Waals surface area contributed by atoms with Crippen LogP contribution in [0.1, 0.15) is 40.9 Å². The summed E-state index contributed by atoms with van der Waals surface area (Å²) in [4.78, 5) is 22.8. The van der Waals surface area contributed by atoms with Crippen molar-refractivity contribution in [3.05, 3.63) is 144 Å². The Morgan fingerprint density at radius 1 is 0.641 bits per heavy atom. The molecule has 1 aromatic heterocycles. The average Bonchev–Trinajstić information content (AvgIpc) is 3.00. The number of carbonyl (C=O) groups is 1. The van der Waals surface area contributed by atoms with Gasteiger partial charge in [-0.3, -0.25) is 14.8 Å². The van der Waals surface area contributed by atoms with Crippen LogP contribution < -0.4 is 0 Å². The van der Waals surface area contributed by atoms with Crippen LogP contribution in [-0.4, -0.2) is 17.0 Å². The Bertz CT molecular complexity index is 1700. The molecule has 0 aliphatic carbocycles. The smallest absolute Gasteiger partial charge is 0.193 e. The van der Waals surface area contributed by atoms with Gasteiger partial charge in [0, 0.05) is 34.7 Å². The lowest BCUT2D eigenvalue weighted by atomic mass is 9.91. The van der Waals surface area contributed by atoms with Crippen LogP contribution in [0.5, 0.6) is 0 Å². The lowest BCUT2D eigenvalue weighted by Gasteiger charge is -2.13. The Labute approximate surface area is 230 Å². The third-order valence-electron chi connectivity index (χ3n) is 6.67. The molecule has 0 saturated carbocycles. The highest BCUT2D eigenvalue weighted by Gasteiger charge is 2.15. The standard InChI is InChI=1S/C36H30N2O/c1-4-34(37-5-2)28-14-9-12-26(20-28)31-22-32(24-33(23-31)36(39)30-16-8-11-25(3)19-30)27-13-10-15-29(21-27)35-17-6-7-18-38-35/h4-24H,1-3H3. The van der Waals surface area contributed by atoms with Crippen LogP contribution in [0.25, 0.3) is 39.2 Å². The van der Waals surface area contributed by atoms with Crippen molar-refractivity contribution in [2.75, 3.05) is 0 Å². The Hall–Kier alpha value is -4.89. The fourth-order valence-electron chi connectivity index (χ4n) is 4.75. The number of carbonyl (C=O) groups excluding carboxylic acids is 1. The molecule has 0 saturated heterocycles. The second-order valence-electron chi connectivity index (χ2n) is 9.44. The van der Waals surface area contributed by atoms with E-state index in [0.29, 0.717) is 11.1 Å². The van der Waals surface area contributed by atoms with Crippen LogP contribution in [0.4, 0.5) is 0 Å². The second kappa shape index (κ2) is 11.7. The van der Waals surface area contributed by atoms with Gasteiger partial charge in [-0.25, -0.2) is 0 Å². The van der Waals surface area contributed by atoms with E-state index in [4.69, 9.17) is 0 Å². The summed E-state index contributed by atoms with van der Waals surface area (Å²) in [5, 5.41) is 0. The van der Waals surface area contributed by atoms with Gasteiger partial charge in [0.2, 0.25) is 0 Å². The van der Waals surface area contributed by atoms with Crippen molar-refractivity contribution < 1.29 is 4.79 Å². The van der Waals surface area contributed by atoms with Gasteiger partial charge in [-0.15, -0.1) is 0 Å². The van der Waals surface area contributed by atoms with E-state index in [1.165, 1.54) is 0 Å². The SMILES string of the molecule is CC=NC(=CC)c1cccc(-c2cc(C(=O)c3cccc(C)c3)cc(-c3cccc(-c4ccccn4)c3)c2)c1.